The molecule has 10 heteroatoms. The Morgan fingerprint density at radius 3 is 2.60 bits per heavy atom. The molecule has 0 bridgehead atoms. The minimum Gasteiger partial charge on any atom is -0.451 e. The molecule has 0 saturated carbocycles. The number of ether oxygens (including phenoxy) is 2. The van der Waals surface area contributed by atoms with Gasteiger partial charge in [0.2, 0.25) is 5.82 Å². The Morgan fingerprint density at radius 1 is 1.20 bits per heavy atom. The third-order valence-electron chi connectivity index (χ3n) is 2.86. The summed E-state index contributed by atoms with van der Waals surface area (Å²) in [5.74, 6) is -0.649. The van der Waals surface area contributed by atoms with E-state index in [-0.39, 0.29) is 24.1 Å². The number of carbonyl (C=O) groups is 1. The Balaban J connectivity index is 1.62. The number of hydrogen-bond donors (Lipinski definition) is 0. The van der Waals surface area contributed by atoms with Crippen molar-refractivity contribution in [2.75, 3.05) is 0 Å². The number of benzene rings is 1. The van der Waals surface area contributed by atoms with E-state index in [0.717, 1.165) is 12.1 Å². The van der Waals surface area contributed by atoms with Crippen LogP contribution in [0.3, 0.4) is 0 Å². The van der Waals surface area contributed by atoms with Crippen molar-refractivity contribution < 1.29 is 32.0 Å². The van der Waals surface area contributed by atoms with E-state index in [1.165, 1.54) is 23.5 Å². The van der Waals surface area contributed by atoms with Crippen LogP contribution < -0.4 is 4.74 Å². The van der Waals surface area contributed by atoms with Crippen LogP contribution in [0.15, 0.2) is 46.3 Å². The van der Waals surface area contributed by atoms with Gasteiger partial charge in [-0.05, 0) is 35.7 Å². The molecule has 0 saturated heterocycles. The van der Waals surface area contributed by atoms with Gasteiger partial charge in [0.05, 0.1) is 0 Å². The van der Waals surface area contributed by atoms with Crippen LogP contribution >= 0.6 is 11.3 Å². The molecular formula is C15H9F3N2O4S. The molecule has 0 spiro atoms. The smallest absolute Gasteiger partial charge is 0.451 e. The maximum absolute atomic E-state index is 12.1. The van der Waals surface area contributed by atoms with E-state index in [2.05, 4.69) is 14.9 Å². The van der Waals surface area contributed by atoms with Crippen LogP contribution in [-0.4, -0.2) is 22.5 Å². The minimum atomic E-state index is -4.76. The molecular weight excluding hydrogens is 361 g/mol. The summed E-state index contributed by atoms with van der Waals surface area (Å²) in [5, 5.41) is 5.44. The summed E-state index contributed by atoms with van der Waals surface area (Å²) in [6, 6.07) is 8.32. The molecule has 3 aromatic rings. The van der Waals surface area contributed by atoms with Crippen molar-refractivity contribution in [3.05, 3.63) is 52.5 Å². The van der Waals surface area contributed by atoms with E-state index in [4.69, 9.17) is 9.26 Å². The molecule has 0 aliphatic heterocycles. The van der Waals surface area contributed by atoms with Gasteiger partial charge in [-0.15, -0.1) is 24.5 Å². The van der Waals surface area contributed by atoms with Crippen molar-refractivity contribution in [1.82, 2.24) is 10.1 Å². The highest BCUT2D eigenvalue weighted by molar-refractivity contribution is 7.11. The molecule has 1 aromatic carbocycles. The second-order valence-electron chi connectivity index (χ2n) is 4.64. The standard InChI is InChI=1S/C15H9F3N2O4S/c16-15(17,18)23-10-5-3-9(4-6-10)13-19-12(24-20-13)8-22-14(21)11-2-1-7-25-11/h1-7H,8H2. The van der Waals surface area contributed by atoms with E-state index >= 15 is 0 Å². The highest BCUT2D eigenvalue weighted by Gasteiger charge is 2.31. The van der Waals surface area contributed by atoms with E-state index in [1.807, 2.05) is 0 Å². The normalized spacial score (nSPS) is 11.3. The number of carbonyl (C=O) groups excluding carboxylic acids is 1. The van der Waals surface area contributed by atoms with Gasteiger partial charge in [-0.2, -0.15) is 4.98 Å². The Bertz CT molecular complexity index is 845. The quantitative estimate of drug-likeness (QED) is 0.631. The molecule has 3 rings (SSSR count). The molecule has 0 N–H and O–H groups in total. The van der Waals surface area contributed by atoms with Gasteiger partial charge in [0.1, 0.15) is 10.6 Å². The topological polar surface area (TPSA) is 74.5 Å². The third-order valence-corrected chi connectivity index (χ3v) is 3.71. The minimum absolute atomic E-state index is 0.0653. The highest BCUT2D eigenvalue weighted by Crippen LogP contribution is 2.25. The SMILES string of the molecule is O=C(OCc1nc(-c2ccc(OC(F)(F)F)cc2)no1)c1cccs1. The molecule has 0 amide bonds. The summed E-state index contributed by atoms with van der Waals surface area (Å²) in [6.07, 6.45) is -4.76. The van der Waals surface area contributed by atoms with Crippen LogP contribution in [0.1, 0.15) is 15.6 Å². The molecule has 2 heterocycles. The number of aromatic nitrogens is 2. The second-order valence-corrected chi connectivity index (χ2v) is 5.59. The fourth-order valence-corrected chi connectivity index (χ4v) is 2.45. The van der Waals surface area contributed by atoms with Crippen LogP contribution in [0.5, 0.6) is 5.75 Å². The van der Waals surface area contributed by atoms with E-state index in [0.29, 0.717) is 10.4 Å². The van der Waals surface area contributed by atoms with Crippen molar-refractivity contribution in [3.63, 3.8) is 0 Å². The first-order valence-corrected chi connectivity index (χ1v) is 7.68. The van der Waals surface area contributed by atoms with Crippen molar-refractivity contribution in [1.29, 1.82) is 0 Å². The fraction of sp³-hybridized carbons (Fsp3) is 0.133. The number of rotatable bonds is 5. The van der Waals surface area contributed by atoms with Gasteiger partial charge in [-0.3, -0.25) is 0 Å². The third kappa shape index (κ3) is 4.57. The molecule has 2 aromatic heterocycles. The van der Waals surface area contributed by atoms with Crippen molar-refractivity contribution in [2.45, 2.75) is 13.0 Å². The van der Waals surface area contributed by atoms with Crippen LogP contribution in [0.2, 0.25) is 0 Å². The average Bonchev–Trinajstić information content (AvgIpc) is 3.24. The fourth-order valence-electron chi connectivity index (χ4n) is 1.83. The first-order valence-electron chi connectivity index (χ1n) is 6.80. The summed E-state index contributed by atoms with van der Waals surface area (Å²) in [5.41, 5.74) is 0.425. The lowest BCUT2D eigenvalue weighted by Crippen LogP contribution is -2.16. The van der Waals surface area contributed by atoms with Crippen molar-refractivity contribution in [3.8, 4) is 17.1 Å². The van der Waals surface area contributed by atoms with Gasteiger partial charge in [0, 0.05) is 5.56 Å². The Morgan fingerprint density at radius 2 is 1.96 bits per heavy atom. The zero-order valence-electron chi connectivity index (χ0n) is 12.3. The molecule has 0 radical (unpaired) electrons. The number of hydrogen-bond acceptors (Lipinski definition) is 7. The molecule has 25 heavy (non-hydrogen) atoms. The maximum atomic E-state index is 12.1. The average molecular weight is 370 g/mol. The monoisotopic (exact) mass is 370 g/mol. The van der Waals surface area contributed by atoms with Gasteiger partial charge >= 0.3 is 12.3 Å². The molecule has 0 unspecified atom stereocenters. The number of alkyl halides is 3. The van der Waals surface area contributed by atoms with E-state index < -0.39 is 12.3 Å². The first-order chi connectivity index (χ1) is 11.9. The van der Waals surface area contributed by atoms with Gasteiger partial charge in [-0.1, -0.05) is 11.2 Å². The zero-order chi connectivity index (χ0) is 17.9. The van der Waals surface area contributed by atoms with Crippen molar-refractivity contribution >= 4 is 17.3 Å². The summed E-state index contributed by atoms with van der Waals surface area (Å²) in [7, 11) is 0. The second kappa shape index (κ2) is 6.93. The zero-order valence-corrected chi connectivity index (χ0v) is 13.1. The molecule has 0 fully saturated rings. The predicted octanol–water partition coefficient (Wildman–Crippen LogP) is 4.05. The Hall–Kier alpha value is -2.88. The lowest BCUT2D eigenvalue weighted by atomic mass is 10.2. The largest absolute Gasteiger partial charge is 0.573 e. The van der Waals surface area contributed by atoms with Crippen molar-refractivity contribution in [2.24, 2.45) is 0 Å². The van der Waals surface area contributed by atoms with E-state index in [1.54, 1.807) is 17.5 Å². The molecule has 0 atom stereocenters. The van der Waals surface area contributed by atoms with Crippen LogP contribution in [0.4, 0.5) is 13.2 Å². The maximum Gasteiger partial charge on any atom is 0.573 e. The summed E-state index contributed by atoms with van der Waals surface area (Å²) >= 11 is 1.24. The molecule has 0 aliphatic carbocycles. The molecule has 130 valence electrons. The lowest BCUT2D eigenvalue weighted by molar-refractivity contribution is -0.274. The van der Waals surface area contributed by atoms with Crippen LogP contribution in [0, 0.1) is 0 Å². The van der Waals surface area contributed by atoms with Gasteiger partial charge < -0.3 is 14.0 Å². The number of esters is 1. The number of halogens is 3. The van der Waals surface area contributed by atoms with Gasteiger partial charge in [0.15, 0.2) is 6.61 Å². The Labute approximate surface area is 142 Å². The van der Waals surface area contributed by atoms with Gasteiger partial charge in [0.25, 0.3) is 5.89 Å². The van der Waals surface area contributed by atoms with E-state index in [9.17, 15) is 18.0 Å². The number of nitrogens with zero attached hydrogens (tertiary/aromatic N) is 2. The van der Waals surface area contributed by atoms with Crippen LogP contribution in [-0.2, 0) is 11.3 Å². The summed E-state index contributed by atoms with van der Waals surface area (Å²) in [6.45, 7) is -0.209. The van der Waals surface area contributed by atoms with Gasteiger partial charge in [-0.25, -0.2) is 4.79 Å². The highest BCUT2D eigenvalue weighted by atomic mass is 32.1. The number of thiophene rings is 1. The molecule has 0 aliphatic rings. The first kappa shape index (κ1) is 17.0. The Kier molecular flexibility index (Phi) is 4.70. The molecule has 6 nitrogen and oxygen atoms in total. The summed E-state index contributed by atoms with van der Waals surface area (Å²) in [4.78, 5) is 16.2. The lowest BCUT2D eigenvalue weighted by Gasteiger charge is -2.08. The summed E-state index contributed by atoms with van der Waals surface area (Å²) < 4.78 is 50.1. The van der Waals surface area contributed by atoms with Crippen LogP contribution in [0.25, 0.3) is 11.4 Å². The predicted molar refractivity (Wildman–Crippen MR) is 79.9 cm³/mol.